The highest BCUT2D eigenvalue weighted by Gasteiger charge is 2.34. The van der Waals surface area contributed by atoms with E-state index in [0.29, 0.717) is 45.6 Å². The summed E-state index contributed by atoms with van der Waals surface area (Å²) >= 11 is 13.4. The number of nitrogens with zero attached hydrogens (tertiary/aromatic N) is 1. The number of esters is 1. The lowest BCUT2D eigenvalue weighted by Gasteiger charge is -2.31. The average Bonchev–Trinajstić information content (AvgIpc) is 3.19. The van der Waals surface area contributed by atoms with Crippen LogP contribution in [-0.2, 0) is 38.1 Å². The van der Waals surface area contributed by atoms with Crippen LogP contribution in [0.5, 0.6) is 0 Å². The van der Waals surface area contributed by atoms with Crippen molar-refractivity contribution in [3.63, 3.8) is 0 Å². The second-order valence-corrected chi connectivity index (χ2v) is 12.7. The van der Waals surface area contributed by atoms with Gasteiger partial charge in [0.2, 0.25) is 15.9 Å². The van der Waals surface area contributed by atoms with Crippen molar-refractivity contribution in [2.24, 2.45) is 5.92 Å². The zero-order chi connectivity index (χ0) is 25.2. The molecule has 0 unspecified atom stereocenters. The summed E-state index contributed by atoms with van der Waals surface area (Å²) in [4.78, 5) is 27.0. The third-order valence-corrected chi connectivity index (χ3v) is 10.1. The standard InChI is InChI=1S/C24H28Cl2N2O5S2/c1-2-33-24(30)21-17-7-3-4-8-20(17)34-23(21)27-22(29)16-6-5-11-28(13-16)35(31,32)14-15-9-10-18(25)19(26)12-15/h9-10,12,16H,2-8,11,13-14H2,1H3,(H,27,29)/t16-/m0/s1. The first-order valence-electron chi connectivity index (χ1n) is 11.7. The molecule has 0 spiro atoms. The Kier molecular flexibility index (Phi) is 8.43. The van der Waals surface area contributed by atoms with Gasteiger partial charge < -0.3 is 10.1 Å². The number of rotatable bonds is 7. The Morgan fingerprint density at radius 3 is 2.69 bits per heavy atom. The molecule has 1 aliphatic heterocycles. The third kappa shape index (κ3) is 6.02. The van der Waals surface area contributed by atoms with Crippen LogP contribution in [0.1, 0.15) is 59.0 Å². The van der Waals surface area contributed by atoms with Crippen LogP contribution >= 0.6 is 34.5 Å². The molecule has 2 aliphatic rings. The van der Waals surface area contributed by atoms with E-state index in [1.165, 1.54) is 15.6 Å². The lowest BCUT2D eigenvalue weighted by atomic mass is 9.95. The summed E-state index contributed by atoms with van der Waals surface area (Å²) in [6.07, 6.45) is 4.87. The number of anilines is 1. The van der Waals surface area contributed by atoms with E-state index in [1.54, 1.807) is 25.1 Å². The van der Waals surface area contributed by atoms with E-state index in [1.807, 2.05) is 0 Å². The summed E-state index contributed by atoms with van der Waals surface area (Å²) in [6.45, 7) is 2.46. The molecule has 1 atom stereocenters. The molecule has 11 heteroatoms. The maximum Gasteiger partial charge on any atom is 0.341 e. The maximum absolute atomic E-state index is 13.2. The normalized spacial score (nSPS) is 18.7. The second-order valence-electron chi connectivity index (χ2n) is 8.83. The smallest absolute Gasteiger partial charge is 0.341 e. The van der Waals surface area contributed by atoms with Crippen molar-refractivity contribution in [1.29, 1.82) is 0 Å². The number of piperidine rings is 1. The molecule has 1 N–H and O–H groups in total. The first-order valence-corrected chi connectivity index (χ1v) is 14.9. The first-order chi connectivity index (χ1) is 16.7. The van der Waals surface area contributed by atoms with E-state index in [4.69, 9.17) is 27.9 Å². The largest absolute Gasteiger partial charge is 0.462 e. The SMILES string of the molecule is CCOC(=O)c1c(NC(=O)[C@H]2CCCN(S(=O)(=O)Cc3ccc(Cl)c(Cl)c3)C2)sc2c1CCCC2. The van der Waals surface area contributed by atoms with Gasteiger partial charge in [0.05, 0.1) is 33.9 Å². The molecule has 1 saturated heterocycles. The second kappa shape index (κ2) is 11.2. The predicted molar refractivity (Wildman–Crippen MR) is 139 cm³/mol. The van der Waals surface area contributed by atoms with Gasteiger partial charge in [-0.1, -0.05) is 29.3 Å². The minimum Gasteiger partial charge on any atom is -0.462 e. The molecule has 4 rings (SSSR count). The number of hydrogen-bond acceptors (Lipinski definition) is 6. The van der Waals surface area contributed by atoms with Gasteiger partial charge in [0.25, 0.3) is 0 Å². The number of carbonyl (C=O) groups is 2. The summed E-state index contributed by atoms with van der Waals surface area (Å²) in [7, 11) is -3.66. The quantitative estimate of drug-likeness (QED) is 0.466. The number of hydrogen-bond donors (Lipinski definition) is 1. The van der Waals surface area contributed by atoms with Crippen molar-refractivity contribution in [3.05, 3.63) is 49.8 Å². The summed E-state index contributed by atoms with van der Waals surface area (Å²) in [6, 6.07) is 4.75. The minimum absolute atomic E-state index is 0.0926. The van der Waals surface area contributed by atoms with Crippen molar-refractivity contribution in [1.82, 2.24) is 4.31 Å². The molecule has 1 aromatic heterocycles. The predicted octanol–water partition coefficient (Wildman–Crippen LogP) is 5.29. The number of halogens is 2. The number of benzene rings is 1. The molecule has 0 bridgehead atoms. The summed E-state index contributed by atoms with van der Waals surface area (Å²) in [5.74, 6) is -1.43. The van der Waals surface area contributed by atoms with E-state index in [0.717, 1.165) is 36.1 Å². The van der Waals surface area contributed by atoms with E-state index in [9.17, 15) is 18.0 Å². The maximum atomic E-state index is 13.2. The van der Waals surface area contributed by atoms with Crippen molar-refractivity contribution in [2.45, 2.75) is 51.2 Å². The fraction of sp³-hybridized carbons (Fsp3) is 0.500. The molecule has 1 aromatic carbocycles. The van der Waals surface area contributed by atoms with Gasteiger partial charge in [-0.15, -0.1) is 11.3 Å². The monoisotopic (exact) mass is 558 g/mol. The number of fused-ring (bicyclic) bond motifs is 1. The molecule has 1 fully saturated rings. The minimum atomic E-state index is -3.66. The van der Waals surface area contributed by atoms with Gasteiger partial charge in [-0.05, 0) is 68.7 Å². The Hall–Kier alpha value is -1.65. The molecule has 1 amide bonds. The molecule has 1 aliphatic carbocycles. The molecular formula is C24H28Cl2N2O5S2. The van der Waals surface area contributed by atoms with Crippen LogP contribution in [0.15, 0.2) is 18.2 Å². The van der Waals surface area contributed by atoms with Gasteiger partial charge in [-0.3, -0.25) is 4.79 Å². The van der Waals surface area contributed by atoms with Gasteiger partial charge in [0, 0.05) is 18.0 Å². The van der Waals surface area contributed by atoms with Crippen LogP contribution in [0.4, 0.5) is 5.00 Å². The van der Waals surface area contributed by atoms with Crippen molar-refractivity contribution < 1.29 is 22.7 Å². The van der Waals surface area contributed by atoms with Gasteiger partial charge in [0.15, 0.2) is 0 Å². The van der Waals surface area contributed by atoms with Crippen molar-refractivity contribution >= 4 is 61.4 Å². The third-order valence-electron chi connectivity index (χ3n) is 6.37. The molecular weight excluding hydrogens is 531 g/mol. The van der Waals surface area contributed by atoms with Gasteiger partial charge in [-0.2, -0.15) is 0 Å². The van der Waals surface area contributed by atoms with Gasteiger partial charge >= 0.3 is 5.97 Å². The Morgan fingerprint density at radius 2 is 1.94 bits per heavy atom. The lowest BCUT2D eigenvalue weighted by Crippen LogP contribution is -2.44. The Morgan fingerprint density at radius 1 is 1.17 bits per heavy atom. The number of amides is 1. The van der Waals surface area contributed by atoms with Gasteiger partial charge in [0.1, 0.15) is 5.00 Å². The topological polar surface area (TPSA) is 92.8 Å². The van der Waals surface area contributed by atoms with Crippen LogP contribution in [0.25, 0.3) is 0 Å². The lowest BCUT2D eigenvalue weighted by molar-refractivity contribution is -0.120. The highest BCUT2D eigenvalue weighted by Crippen LogP contribution is 2.39. The summed E-state index contributed by atoms with van der Waals surface area (Å²) < 4.78 is 32.8. The van der Waals surface area contributed by atoms with Crippen molar-refractivity contribution in [3.8, 4) is 0 Å². The molecule has 35 heavy (non-hydrogen) atoms. The number of aryl methyl sites for hydroxylation is 1. The summed E-state index contributed by atoms with van der Waals surface area (Å²) in [5.41, 5.74) is 1.97. The van der Waals surface area contributed by atoms with E-state index < -0.39 is 21.9 Å². The van der Waals surface area contributed by atoms with Crippen LogP contribution in [0.2, 0.25) is 10.0 Å². The average molecular weight is 560 g/mol. The number of carbonyl (C=O) groups excluding carboxylic acids is 2. The van der Waals surface area contributed by atoms with Crippen LogP contribution in [0, 0.1) is 5.92 Å². The van der Waals surface area contributed by atoms with E-state index >= 15 is 0 Å². The highest BCUT2D eigenvalue weighted by atomic mass is 35.5. The first kappa shape index (κ1) is 26.4. The zero-order valence-corrected chi connectivity index (χ0v) is 22.6. The Balaban J connectivity index is 1.48. The zero-order valence-electron chi connectivity index (χ0n) is 19.4. The molecule has 0 radical (unpaired) electrons. The summed E-state index contributed by atoms with van der Waals surface area (Å²) in [5, 5.41) is 4.11. The molecule has 7 nitrogen and oxygen atoms in total. The van der Waals surface area contributed by atoms with E-state index in [-0.39, 0.29) is 24.8 Å². The number of sulfonamides is 1. The number of nitrogens with one attached hydrogen (secondary N) is 1. The fourth-order valence-electron chi connectivity index (χ4n) is 4.63. The number of ether oxygens (including phenoxy) is 1. The fourth-order valence-corrected chi connectivity index (χ4v) is 7.83. The Labute approximate surface area is 219 Å². The molecule has 2 aromatic rings. The molecule has 190 valence electrons. The highest BCUT2D eigenvalue weighted by molar-refractivity contribution is 7.88. The van der Waals surface area contributed by atoms with Crippen LogP contribution < -0.4 is 5.32 Å². The Bertz CT molecular complexity index is 1230. The number of thiophene rings is 1. The van der Waals surface area contributed by atoms with E-state index in [2.05, 4.69) is 5.32 Å². The van der Waals surface area contributed by atoms with Crippen LogP contribution in [-0.4, -0.2) is 44.3 Å². The molecule has 2 heterocycles. The molecule has 0 saturated carbocycles. The van der Waals surface area contributed by atoms with Crippen LogP contribution in [0.3, 0.4) is 0 Å². The van der Waals surface area contributed by atoms with Crippen molar-refractivity contribution in [2.75, 3.05) is 25.0 Å². The van der Waals surface area contributed by atoms with Gasteiger partial charge in [-0.25, -0.2) is 17.5 Å².